The fourth-order valence-electron chi connectivity index (χ4n) is 2.96. The van der Waals surface area contributed by atoms with Crippen molar-refractivity contribution in [1.82, 2.24) is 0 Å². The monoisotopic (exact) mass is 222 g/mol. The van der Waals surface area contributed by atoms with Crippen LogP contribution in [-0.4, -0.2) is 24.8 Å². The minimum atomic E-state index is -0.288. The van der Waals surface area contributed by atoms with Crippen LogP contribution in [0.15, 0.2) is 23.8 Å². The van der Waals surface area contributed by atoms with Crippen LogP contribution in [0.2, 0.25) is 0 Å². The van der Waals surface area contributed by atoms with E-state index in [0.717, 1.165) is 31.3 Å². The predicted octanol–water partition coefficient (Wildman–Crippen LogP) is 1.82. The number of fused-ring (bicyclic) bond motifs is 1. The minimum Gasteiger partial charge on any atom is -0.466 e. The molecule has 0 radical (unpaired) electrons. The summed E-state index contributed by atoms with van der Waals surface area (Å²) in [4.78, 5) is 11.3. The summed E-state index contributed by atoms with van der Waals surface area (Å²) in [7, 11) is 1.39. The quantitative estimate of drug-likeness (QED) is 0.440. The topological polar surface area (TPSA) is 46.5 Å². The smallest absolute Gasteiger partial charge is 0.330 e. The second kappa shape index (κ2) is 4.42. The van der Waals surface area contributed by atoms with Gasteiger partial charge in [-0.1, -0.05) is 17.7 Å². The molecular formula is C13H18O3. The highest BCUT2D eigenvalue weighted by Gasteiger charge is 2.43. The molecule has 0 aromatic heterocycles. The van der Waals surface area contributed by atoms with Crippen LogP contribution in [-0.2, 0) is 9.53 Å². The summed E-state index contributed by atoms with van der Waals surface area (Å²) in [6, 6.07) is 0. The molecular weight excluding hydrogens is 204 g/mol. The van der Waals surface area contributed by atoms with E-state index < -0.39 is 0 Å². The Labute approximate surface area is 95.8 Å². The number of esters is 1. The summed E-state index contributed by atoms with van der Waals surface area (Å²) >= 11 is 0. The summed E-state index contributed by atoms with van der Waals surface area (Å²) in [6.07, 6.45) is 9.80. The van der Waals surface area contributed by atoms with E-state index in [2.05, 4.69) is 16.9 Å². The molecule has 0 aromatic rings. The lowest BCUT2D eigenvalue weighted by molar-refractivity contribution is -0.135. The van der Waals surface area contributed by atoms with E-state index in [1.165, 1.54) is 7.11 Å². The average Bonchev–Trinajstić information content (AvgIpc) is 2.74. The molecule has 0 spiro atoms. The highest BCUT2D eigenvalue weighted by atomic mass is 16.5. The fourth-order valence-corrected chi connectivity index (χ4v) is 2.96. The molecule has 1 fully saturated rings. The van der Waals surface area contributed by atoms with Gasteiger partial charge in [-0.2, -0.15) is 0 Å². The fraction of sp³-hybridized carbons (Fsp3) is 0.615. The molecule has 0 unspecified atom stereocenters. The van der Waals surface area contributed by atoms with Gasteiger partial charge in [0.15, 0.2) is 0 Å². The Kier molecular flexibility index (Phi) is 3.15. The van der Waals surface area contributed by atoms with Gasteiger partial charge in [0, 0.05) is 24.0 Å². The third kappa shape index (κ3) is 1.80. The molecule has 2 aliphatic carbocycles. The molecule has 0 aliphatic heterocycles. The maximum Gasteiger partial charge on any atom is 0.330 e. The van der Waals surface area contributed by atoms with E-state index in [0.29, 0.717) is 0 Å². The van der Waals surface area contributed by atoms with Crippen LogP contribution in [0.25, 0.3) is 0 Å². The van der Waals surface area contributed by atoms with Gasteiger partial charge in [-0.05, 0) is 25.7 Å². The SMILES string of the molecule is COC(=O)/C=C1\CCC[C@@]2(CO)CC=C[C@@H]12. The standard InChI is InChI=1S/C13H18O3/c1-16-12(15)8-10-4-2-6-13(9-14)7-3-5-11(10)13/h3,5,8,11,14H,2,4,6-7,9H2,1H3/b10-8+/t11-,13-/m0/s1. The molecule has 1 N–H and O–H groups in total. The van der Waals surface area contributed by atoms with Crippen LogP contribution in [0.3, 0.4) is 0 Å². The number of rotatable bonds is 2. The minimum absolute atomic E-state index is 0.0435. The Morgan fingerprint density at radius 2 is 2.56 bits per heavy atom. The lowest BCUT2D eigenvalue weighted by Crippen LogP contribution is -2.34. The number of allylic oxidation sites excluding steroid dienone is 3. The van der Waals surface area contributed by atoms with E-state index in [9.17, 15) is 9.90 Å². The van der Waals surface area contributed by atoms with E-state index in [-0.39, 0.29) is 23.9 Å². The van der Waals surface area contributed by atoms with Gasteiger partial charge in [-0.25, -0.2) is 4.79 Å². The van der Waals surface area contributed by atoms with Gasteiger partial charge in [-0.15, -0.1) is 0 Å². The van der Waals surface area contributed by atoms with E-state index in [1.54, 1.807) is 6.08 Å². The Morgan fingerprint density at radius 3 is 3.25 bits per heavy atom. The average molecular weight is 222 g/mol. The molecule has 1 saturated carbocycles. The second-order valence-corrected chi connectivity index (χ2v) is 4.73. The molecule has 0 bridgehead atoms. The van der Waals surface area contributed by atoms with Gasteiger partial charge in [0.25, 0.3) is 0 Å². The van der Waals surface area contributed by atoms with Crippen molar-refractivity contribution < 1.29 is 14.6 Å². The first kappa shape index (κ1) is 11.4. The maximum atomic E-state index is 11.3. The van der Waals surface area contributed by atoms with Gasteiger partial charge in [0.1, 0.15) is 0 Å². The Bertz CT molecular complexity index is 343. The Hall–Kier alpha value is -1.09. The first-order valence-electron chi connectivity index (χ1n) is 5.78. The maximum absolute atomic E-state index is 11.3. The molecule has 2 atom stereocenters. The summed E-state index contributed by atoms with van der Waals surface area (Å²) < 4.78 is 4.67. The zero-order chi connectivity index (χ0) is 11.6. The van der Waals surface area contributed by atoms with Gasteiger partial charge in [0.05, 0.1) is 7.11 Å². The van der Waals surface area contributed by atoms with Gasteiger partial charge in [0.2, 0.25) is 0 Å². The zero-order valence-electron chi connectivity index (χ0n) is 9.61. The number of hydrogen-bond acceptors (Lipinski definition) is 3. The molecule has 3 heteroatoms. The molecule has 0 heterocycles. The molecule has 16 heavy (non-hydrogen) atoms. The number of ether oxygens (including phenoxy) is 1. The molecule has 2 rings (SSSR count). The lowest BCUT2D eigenvalue weighted by atomic mass is 9.66. The molecule has 2 aliphatic rings. The third-order valence-electron chi connectivity index (χ3n) is 3.87. The molecule has 3 nitrogen and oxygen atoms in total. The Balaban J connectivity index is 2.25. The highest BCUT2D eigenvalue weighted by molar-refractivity contribution is 5.82. The summed E-state index contributed by atoms with van der Waals surface area (Å²) in [5, 5.41) is 9.58. The van der Waals surface area contributed by atoms with Crippen molar-refractivity contribution in [1.29, 1.82) is 0 Å². The third-order valence-corrected chi connectivity index (χ3v) is 3.87. The number of hydrogen-bond donors (Lipinski definition) is 1. The van der Waals surface area contributed by atoms with Gasteiger partial charge < -0.3 is 9.84 Å². The van der Waals surface area contributed by atoms with Crippen LogP contribution in [0.4, 0.5) is 0 Å². The predicted molar refractivity (Wildman–Crippen MR) is 60.7 cm³/mol. The van der Waals surface area contributed by atoms with E-state index in [4.69, 9.17) is 0 Å². The van der Waals surface area contributed by atoms with Crippen molar-refractivity contribution in [2.45, 2.75) is 25.7 Å². The van der Waals surface area contributed by atoms with Crippen LogP contribution in [0.5, 0.6) is 0 Å². The normalized spacial score (nSPS) is 35.1. The van der Waals surface area contributed by atoms with Crippen LogP contribution in [0.1, 0.15) is 25.7 Å². The number of methoxy groups -OCH3 is 1. The number of aliphatic hydroxyl groups excluding tert-OH is 1. The largest absolute Gasteiger partial charge is 0.466 e. The molecule has 88 valence electrons. The van der Waals surface area contributed by atoms with E-state index in [1.807, 2.05) is 0 Å². The lowest BCUT2D eigenvalue weighted by Gasteiger charge is -2.39. The van der Waals surface area contributed by atoms with E-state index >= 15 is 0 Å². The first-order valence-corrected chi connectivity index (χ1v) is 5.78. The molecule has 0 aromatic carbocycles. The Morgan fingerprint density at radius 1 is 1.75 bits per heavy atom. The zero-order valence-corrected chi connectivity index (χ0v) is 9.61. The highest BCUT2D eigenvalue weighted by Crippen LogP contribution is 2.50. The number of carbonyl (C=O) groups is 1. The van der Waals surface area contributed by atoms with Crippen LogP contribution in [0, 0.1) is 11.3 Å². The van der Waals surface area contributed by atoms with Crippen LogP contribution >= 0.6 is 0 Å². The molecule has 0 saturated heterocycles. The van der Waals surface area contributed by atoms with Crippen LogP contribution < -0.4 is 0 Å². The van der Waals surface area contributed by atoms with Crippen molar-refractivity contribution in [3.05, 3.63) is 23.8 Å². The second-order valence-electron chi connectivity index (χ2n) is 4.73. The van der Waals surface area contributed by atoms with Crippen molar-refractivity contribution in [2.24, 2.45) is 11.3 Å². The first-order chi connectivity index (χ1) is 7.72. The summed E-state index contributed by atoms with van der Waals surface area (Å²) in [5.74, 6) is -0.0608. The summed E-state index contributed by atoms with van der Waals surface area (Å²) in [5.41, 5.74) is 1.07. The number of carbonyl (C=O) groups excluding carboxylic acids is 1. The number of aliphatic hydroxyl groups is 1. The van der Waals surface area contributed by atoms with Crippen molar-refractivity contribution in [3.8, 4) is 0 Å². The summed E-state index contributed by atoms with van der Waals surface area (Å²) in [6.45, 7) is 0.198. The molecule has 0 amide bonds. The van der Waals surface area contributed by atoms with Gasteiger partial charge >= 0.3 is 5.97 Å². The van der Waals surface area contributed by atoms with Gasteiger partial charge in [-0.3, -0.25) is 0 Å². The van der Waals surface area contributed by atoms with Crippen molar-refractivity contribution >= 4 is 5.97 Å². The van der Waals surface area contributed by atoms with Crippen molar-refractivity contribution in [3.63, 3.8) is 0 Å². The van der Waals surface area contributed by atoms with Crippen molar-refractivity contribution in [2.75, 3.05) is 13.7 Å².